The quantitative estimate of drug-likeness (QED) is 0.340. The Labute approximate surface area is 155 Å². The normalized spacial score (nSPS) is 10.4. The number of rotatable bonds is 6. The third-order valence-corrected chi connectivity index (χ3v) is 4.74. The van der Waals surface area contributed by atoms with Crippen molar-refractivity contribution in [3.05, 3.63) is 56.1 Å². The Kier molecular flexibility index (Phi) is 6.72. The van der Waals surface area contributed by atoms with Gasteiger partial charge in [-0.3, -0.25) is 4.79 Å². The van der Waals surface area contributed by atoms with Gasteiger partial charge in [0.05, 0.1) is 10.6 Å². The zero-order chi connectivity index (χ0) is 16.8. The highest BCUT2D eigenvalue weighted by Crippen LogP contribution is 2.29. The van der Waals surface area contributed by atoms with Crippen molar-refractivity contribution in [1.82, 2.24) is 0 Å². The lowest BCUT2D eigenvalue weighted by Crippen LogP contribution is -2.09. The molecule has 0 atom stereocenters. The van der Waals surface area contributed by atoms with Crippen molar-refractivity contribution in [3.8, 4) is 11.5 Å². The van der Waals surface area contributed by atoms with Gasteiger partial charge >= 0.3 is 5.97 Å². The fourth-order valence-corrected chi connectivity index (χ4v) is 3.12. The standard InChI is InChI=1S/C18H18ClIO3/c1-3-12-8-9-13(10-16(12)20)22-11-14-15(19)6-5-7-17(14)23-18(21)4-2/h5-10H,3-4,11H2,1-2H3. The second-order valence-corrected chi connectivity index (χ2v) is 6.51. The van der Waals surface area contributed by atoms with Gasteiger partial charge in [0, 0.05) is 9.99 Å². The maximum Gasteiger partial charge on any atom is 0.310 e. The van der Waals surface area contributed by atoms with Gasteiger partial charge in [-0.25, -0.2) is 0 Å². The Morgan fingerprint density at radius 3 is 2.65 bits per heavy atom. The monoisotopic (exact) mass is 444 g/mol. The van der Waals surface area contributed by atoms with E-state index in [1.165, 1.54) is 9.13 Å². The first-order valence-corrected chi connectivity index (χ1v) is 8.90. The fourth-order valence-electron chi connectivity index (χ4n) is 2.03. The van der Waals surface area contributed by atoms with E-state index in [0.717, 1.165) is 12.2 Å². The third kappa shape index (κ3) is 4.85. The average Bonchev–Trinajstić information content (AvgIpc) is 2.54. The number of hydrogen-bond donors (Lipinski definition) is 0. The lowest BCUT2D eigenvalue weighted by molar-refractivity contribution is -0.134. The molecule has 5 heteroatoms. The number of aryl methyl sites for hydroxylation is 1. The smallest absolute Gasteiger partial charge is 0.310 e. The van der Waals surface area contributed by atoms with Crippen LogP contribution in [0.1, 0.15) is 31.4 Å². The highest BCUT2D eigenvalue weighted by Gasteiger charge is 2.12. The van der Waals surface area contributed by atoms with Crippen molar-refractivity contribution in [2.45, 2.75) is 33.3 Å². The van der Waals surface area contributed by atoms with Gasteiger partial charge in [-0.15, -0.1) is 0 Å². The first kappa shape index (κ1) is 18.1. The first-order chi connectivity index (χ1) is 11.0. The predicted molar refractivity (Wildman–Crippen MR) is 100 cm³/mol. The molecule has 0 aliphatic rings. The van der Waals surface area contributed by atoms with Crippen molar-refractivity contribution >= 4 is 40.2 Å². The van der Waals surface area contributed by atoms with E-state index in [4.69, 9.17) is 21.1 Å². The summed E-state index contributed by atoms with van der Waals surface area (Å²) in [6.45, 7) is 4.12. The van der Waals surface area contributed by atoms with Gasteiger partial charge in [0.1, 0.15) is 18.1 Å². The van der Waals surface area contributed by atoms with Crippen LogP contribution in [0.25, 0.3) is 0 Å². The number of esters is 1. The van der Waals surface area contributed by atoms with Crippen molar-refractivity contribution < 1.29 is 14.3 Å². The largest absolute Gasteiger partial charge is 0.489 e. The van der Waals surface area contributed by atoms with Crippen LogP contribution in [-0.4, -0.2) is 5.97 Å². The van der Waals surface area contributed by atoms with Crippen LogP contribution >= 0.6 is 34.2 Å². The van der Waals surface area contributed by atoms with Crippen LogP contribution in [0.5, 0.6) is 11.5 Å². The molecule has 0 radical (unpaired) electrons. The highest BCUT2D eigenvalue weighted by molar-refractivity contribution is 14.1. The van der Waals surface area contributed by atoms with Crippen molar-refractivity contribution in [2.24, 2.45) is 0 Å². The molecule has 2 aromatic carbocycles. The topological polar surface area (TPSA) is 35.5 Å². The lowest BCUT2D eigenvalue weighted by atomic mass is 10.2. The summed E-state index contributed by atoms with van der Waals surface area (Å²) < 4.78 is 12.3. The molecule has 0 spiro atoms. The molecule has 0 amide bonds. The number of carbonyl (C=O) groups excluding carboxylic acids is 1. The Hall–Kier alpha value is -1.27. The molecule has 0 saturated heterocycles. The van der Waals surface area contributed by atoms with Gasteiger partial charge in [-0.2, -0.15) is 0 Å². The molecule has 122 valence electrons. The molecule has 3 nitrogen and oxygen atoms in total. The van der Waals surface area contributed by atoms with Gasteiger partial charge < -0.3 is 9.47 Å². The summed E-state index contributed by atoms with van der Waals surface area (Å²) >= 11 is 8.53. The van der Waals surface area contributed by atoms with Crippen LogP contribution in [0.3, 0.4) is 0 Å². The molecule has 0 N–H and O–H groups in total. The van der Waals surface area contributed by atoms with Crippen LogP contribution < -0.4 is 9.47 Å². The van der Waals surface area contributed by atoms with Crippen LogP contribution in [0.2, 0.25) is 5.02 Å². The van der Waals surface area contributed by atoms with E-state index >= 15 is 0 Å². The molecule has 2 rings (SSSR count). The van der Waals surface area contributed by atoms with Gasteiger partial charge in [0.15, 0.2) is 0 Å². The summed E-state index contributed by atoms with van der Waals surface area (Å²) in [7, 11) is 0. The van der Waals surface area contributed by atoms with Crippen LogP contribution in [0, 0.1) is 3.57 Å². The summed E-state index contributed by atoms with van der Waals surface area (Å²) in [5, 5.41) is 0.520. The molecule has 0 saturated carbocycles. The molecule has 23 heavy (non-hydrogen) atoms. The average molecular weight is 445 g/mol. The highest BCUT2D eigenvalue weighted by atomic mass is 127. The molecule has 0 bridgehead atoms. The Balaban J connectivity index is 2.16. The van der Waals surface area contributed by atoms with E-state index in [1.54, 1.807) is 25.1 Å². The Bertz CT molecular complexity index is 701. The minimum atomic E-state index is -0.296. The zero-order valence-electron chi connectivity index (χ0n) is 13.1. The molecule has 0 heterocycles. The van der Waals surface area contributed by atoms with E-state index in [2.05, 4.69) is 35.6 Å². The Morgan fingerprint density at radius 2 is 2.00 bits per heavy atom. The van der Waals surface area contributed by atoms with Crippen LogP contribution in [0.15, 0.2) is 36.4 Å². The minimum absolute atomic E-state index is 0.244. The predicted octanol–water partition coefficient (Wildman–Crippen LogP) is 5.40. The summed E-state index contributed by atoms with van der Waals surface area (Å²) in [6.07, 6.45) is 1.30. The molecule has 0 unspecified atom stereocenters. The van der Waals surface area contributed by atoms with Gasteiger partial charge in [0.25, 0.3) is 0 Å². The molecular formula is C18H18ClIO3. The minimum Gasteiger partial charge on any atom is -0.489 e. The summed E-state index contributed by atoms with van der Waals surface area (Å²) in [6, 6.07) is 11.2. The van der Waals surface area contributed by atoms with Gasteiger partial charge in [-0.05, 0) is 58.8 Å². The van der Waals surface area contributed by atoms with Crippen molar-refractivity contribution in [2.75, 3.05) is 0 Å². The second-order valence-electron chi connectivity index (χ2n) is 4.94. The Morgan fingerprint density at radius 1 is 1.22 bits per heavy atom. The van der Waals surface area contributed by atoms with Crippen molar-refractivity contribution in [3.63, 3.8) is 0 Å². The number of halogens is 2. The third-order valence-electron chi connectivity index (χ3n) is 3.38. The molecule has 0 aliphatic heterocycles. The van der Waals surface area contributed by atoms with E-state index in [0.29, 0.717) is 22.8 Å². The lowest BCUT2D eigenvalue weighted by Gasteiger charge is -2.13. The maximum absolute atomic E-state index is 11.5. The van der Waals surface area contributed by atoms with Gasteiger partial charge in [0.2, 0.25) is 0 Å². The van der Waals surface area contributed by atoms with Gasteiger partial charge in [-0.1, -0.05) is 37.6 Å². The maximum atomic E-state index is 11.5. The van der Waals surface area contributed by atoms with E-state index in [1.807, 2.05) is 12.1 Å². The van der Waals surface area contributed by atoms with Crippen molar-refractivity contribution in [1.29, 1.82) is 0 Å². The first-order valence-electron chi connectivity index (χ1n) is 7.44. The fraction of sp³-hybridized carbons (Fsp3) is 0.278. The number of hydrogen-bond acceptors (Lipinski definition) is 3. The van der Waals surface area contributed by atoms with Crippen LogP contribution in [0.4, 0.5) is 0 Å². The zero-order valence-corrected chi connectivity index (χ0v) is 16.0. The van der Waals surface area contributed by atoms with Crippen LogP contribution in [-0.2, 0) is 17.8 Å². The molecule has 0 aliphatic carbocycles. The second kappa shape index (κ2) is 8.55. The molecule has 0 fully saturated rings. The molecular weight excluding hydrogens is 427 g/mol. The SMILES string of the molecule is CCC(=O)Oc1cccc(Cl)c1COc1ccc(CC)c(I)c1. The summed E-state index contributed by atoms with van der Waals surface area (Å²) in [5.74, 6) is 0.916. The summed E-state index contributed by atoms with van der Waals surface area (Å²) in [4.78, 5) is 11.5. The molecule has 0 aromatic heterocycles. The van der Waals surface area contributed by atoms with E-state index in [-0.39, 0.29) is 12.6 Å². The van der Waals surface area contributed by atoms with E-state index < -0.39 is 0 Å². The summed E-state index contributed by atoms with van der Waals surface area (Å²) in [5.41, 5.74) is 1.96. The number of ether oxygens (including phenoxy) is 2. The molecule has 2 aromatic rings. The number of benzene rings is 2. The number of carbonyl (C=O) groups is 1. The van der Waals surface area contributed by atoms with E-state index in [9.17, 15) is 4.79 Å².